The Kier molecular flexibility index (Phi) is 4.29. The minimum atomic E-state index is 1.19. The molecule has 1 aliphatic rings. The summed E-state index contributed by atoms with van der Waals surface area (Å²) in [6.45, 7) is 7.60. The van der Waals surface area contributed by atoms with Crippen LogP contribution in [0.2, 0.25) is 0 Å². The van der Waals surface area contributed by atoms with Crippen molar-refractivity contribution in [2.45, 2.75) is 25.7 Å². The highest BCUT2D eigenvalue weighted by molar-refractivity contribution is 4.83. The van der Waals surface area contributed by atoms with E-state index in [0.717, 1.165) is 0 Å². The first-order valence-electron chi connectivity index (χ1n) is 4.60. The molecule has 0 bridgehead atoms. The fourth-order valence-electron chi connectivity index (χ4n) is 1.56. The van der Waals surface area contributed by atoms with E-state index in [1.54, 1.807) is 0 Å². The van der Waals surface area contributed by atoms with Gasteiger partial charge in [-0.2, -0.15) is 0 Å². The number of hydrogen-bond acceptors (Lipinski definition) is 1. The minimum absolute atomic E-state index is 1.19. The van der Waals surface area contributed by atoms with Crippen LogP contribution in [0.3, 0.4) is 0 Å². The minimum Gasteiger partial charge on any atom is -0.303 e. The molecular weight excluding hydrogens is 134 g/mol. The molecule has 63 valence electrons. The SMILES string of the molecule is [CH2]C=CCCCN1CCCC1. The molecule has 0 N–H and O–H groups in total. The third-order valence-electron chi connectivity index (χ3n) is 2.21. The molecule has 1 nitrogen and oxygen atoms in total. The third kappa shape index (κ3) is 3.57. The molecule has 1 rings (SSSR count). The van der Waals surface area contributed by atoms with Gasteiger partial charge < -0.3 is 4.90 Å². The molecule has 0 aromatic heterocycles. The lowest BCUT2D eigenvalue weighted by Gasteiger charge is -2.12. The van der Waals surface area contributed by atoms with Crippen molar-refractivity contribution in [3.8, 4) is 0 Å². The second kappa shape index (κ2) is 5.36. The van der Waals surface area contributed by atoms with Crippen molar-refractivity contribution in [2.24, 2.45) is 0 Å². The normalized spacial score (nSPS) is 20.1. The van der Waals surface area contributed by atoms with Gasteiger partial charge in [0.25, 0.3) is 0 Å². The zero-order chi connectivity index (χ0) is 7.94. The quantitative estimate of drug-likeness (QED) is 0.558. The summed E-state index contributed by atoms with van der Waals surface area (Å²) in [7, 11) is 0. The average Bonchev–Trinajstić information content (AvgIpc) is 2.50. The van der Waals surface area contributed by atoms with Crippen LogP contribution in [-0.4, -0.2) is 24.5 Å². The van der Waals surface area contributed by atoms with Crippen LogP contribution in [0.15, 0.2) is 12.2 Å². The molecule has 1 heterocycles. The average molecular weight is 152 g/mol. The van der Waals surface area contributed by atoms with Crippen molar-refractivity contribution in [3.63, 3.8) is 0 Å². The molecule has 1 fully saturated rings. The maximum Gasteiger partial charge on any atom is -0.00158 e. The Labute approximate surface area is 70.1 Å². The van der Waals surface area contributed by atoms with E-state index in [4.69, 9.17) is 0 Å². The van der Waals surface area contributed by atoms with Gasteiger partial charge >= 0.3 is 0 Å². The monoisotopic (exact) mass is 152 g/mol. The smallest absolute Gasteiger partial charge is 0.00158 e. The van der Waals surface area contributed by atoms with E-state index in [9.17, 15) is 0 Å². The van der Waals surface area contributed by atoms with Gasteiger partial charge in [0, 0.05) is 0 Å². The third-order valence-corrected chi connectivity index (χ3v) is 2.21. The van der Waals surface area contributed by atoms with Gasteiger partial charge in [0.05, 0.1) is 0 Å². The predicted octanol–water partition coefficient (Wildman–Crippen LogP) is 2.25. The predicted molar refractivity (Wildman–Crippen MR) is 49.4 cm³/mol. The van der Waals surface area contributed by atoms with Crippen LogP contribution in [0.1, 0.15) is 25.7 Å². The number of likely N-dealkylation sites (tertiary alicyclic amines) is 1. The number of allylic oxidation sites excluding steroid dienone is 2. The van der Waals surface area contributed by atoms with Gasteiger partial charge in [0.15, 0.2) is 0 Å². The van der Waals surface area contributed by atoms with Crippen molar-refractivity contribution in [1.82, 2.24) is 4.90 Å². The Morgan fingerprint density at radius 2 is 2.00 bits per heavy atom. The van der Waals surface area contributed by atoms with Crippen molar-refractivity contribution in [3.05, 3.63) is 19.1 Å². The van der Waals surface area contributed by atoms with Crippen LogP contribution in [-0.2, 0) is 0 Å². The van der Waals surface area contributed by atoms with E-state index in [2.05, 4.69) is 17.9 Å². The van der Waals surface area contributed by atoms with Crippen LogP contribution in [0, 0.1) is 6.92 Å². The van der Waals surface area contributed by atoms with E-state index in [0.29, 0.717) is 0 Å². The molecule has 0 atom stereocenters. The van der Waals surface area contributed by atoms with Crippen molar-refractivity contribution in [2.75, 3.05) is 19.6 Å². The van der Waals surface area contributed by atoms with E-state index in [1.807, 2.05) is 6.08 Å². The molecule has 0 unspecified atom stereocenters. The molecule has 0 aromatic carbocycles. The number of nitrogens with zero attached hydrogens (tertiary/aromatic N) is 1. The summed E-state index contributed by atoms with van der Waals surface area (Å²) >= 11 is 0. The first-order valence-corrected chi connectivity index (χ1v) is 4.60. The summed E-state index contributed by atoms with van der Waals surface area (Å²) in [4.78, 5) is 2.55. The highest BCUT2D eigenvalue weighted by Gasteiger charge is 2.09. The fraction of sp³-hybridized carbons (Fsp3) is 0.700. The standard InChI is InChI=1S/C10H18N/c1-2-3-4-5-8-11-9-6-7-10-11/h2-3H,1,4-10H2. The van der Waals surface area contributed by atoms with Crippen LogP contribution < -0.4 is 0 Å². The number of hydrogen-bond donors (Lipinski definition) is 0. The van der Waals surface area contributed by atoms with Crippen LogP contribution in [0.25, 0.3) is 0 Å². The van der Waals surface area contributed by atoms with Crippen LogP contribution >= 0.6 is 0 Å². The highest BCUT2D eigenvalue weighted by Crippen LogP contribution is 2.08. The molecule has 0 saturated carbocycles. The lowest BCUT2D eigenvalue weighted by Crippen LogP contribution is -2.19. The van der Waals surface area contributed by atoms with E-state index in [-0.39, 0.29) is 0 Å². The number of unbranched alkanes of at least 4 members (excludes halogenated alkanes) is 1. The summed E-state index contributed by atoms with van der Waals surface area (Å²) in [5.41, 5.74) is 0. The lowest BCUT2D eigenvalue weighted by molar-refractivity contribution is 0.335. The molecule has 11 heavy (non-hydrogen) atoms. The Bertz CT molecular complexity index is 112. The maximum absolute atomic E-state index is 3.66. The Morgan fingerprint density at radius 1 is 1.27 bits per heavy atom. The Balaban J connectivity index is 1.93. The molecule has 0 amide bonds. The molecule has 1 heteroatoms. The van der Waals surface area contributed by atoms with Crippen molar-refractivity contribution < 1.29 is 0 Å². The second-order valence-corrected chi connectivity index (χ2v) is 3.16. The van der Waals surface area contributed by atoms with E-state index < -0.39 is 0 Å². The molecule has 1 radical (unpaired) electrons. The first-order chi connectivity index (χ1) is 5.43. The molecule has 0 aromatic rings. The second-order valence-electron chi connectivity index (χ2n) is 3.16. The number of rotatable bonds is 4. The fourth-order valence-corrected chi connectivity index (χ4v) is 1.56. The summed E-state index contributed by atoms with van der Waals surface area (Å²) in [5.74, 6) is 0. The Morgan fingerprint density at radius 3 is 2.64 bits per heavy atom. The van der Waals surface area contributed by atoms with Gasteiger partial charge in [-0.05, 0) is 52.2 Å². The summed E-state index contributed by atoms with van der Waals surface area (Å²) in [5, 5.41) is 0. The molecule has 1 aliphatic heterocycles. The van der Waals surface area contributed by atoms with Gasteiger partial charge in [-0.25, -0.2) is 0 Å². The van der Waals surface area contributed by atoms with E-state index >= 15 is 0 Å². The molecule has 0 spiro atoms. The van der Waals surface area contributed by atoms with Gasteiger partial charge in [-0.1, -0.05) is 12.2 Å². The Hall–Kier alpha value is -0.300. The van der Waals surface area contributed by atoms with Crippen molar-refractivity contribution >= 4 is 0 Å². The van der Waals surface area contributed by atoms with Gasteiger partial charge in [0.1, 0.15) is 0 Å². The van der Waals surface area contributed by atoms with E-state index in [1.165, 1.54) is 45.3 Å². The summed E-state index contributed by atoms with van der Waals surface area (Å²) < 4.78 is 0. The van der Waals surface area contributed by atoms with Crippen LogP contribution in [0.4, 0.5) is 0 Å². The first kappa shape index (κ1) is 8.79. The summed E-state index contributed by atoms with van der Waals surface area (Å²) in [6, 6.07) is 0. The maximum atomic E-state index is 3.66. The molecule has 0 aliphatic carbocycles. The molecular formula is C10H18N. The zero-order valence-electron chi connectivity index (χ0n) is 7.26. The van der Waals surface area contributed by atoms with Crippen LogP contribution in [0.5, 0.6) is 0 Å². The van der Waals surface area contributed by atoms with Gasteiger partial charge in [-0.3, -0.25) is 0 Å². The molecule has 1 saturated heterocycles. The summed E-state index contributed by atoms with van der Waals surface area (Å²) in [6.07, 6.45) is 9.35. The van der Waals surface area contributed by atoms with Gasteiger partial charge in [-0.15, -0.1) is 0 Å². The zero-order valence-corrected chi connectivity index (χ0v) is 7.26. The largest absolute Gasteiger partial charge is 0.303 e. The van der Waals surface area contributed by atoms with Gasteiger partial charge in [0.2, 0.25) is 0 Å². The topological polar surface area (TPSA) is 3.24 Å². The van der Waals surface area contributed by atoms with Crippen molar-refractivity contribution in [1.29, 1.82) is 0 Å². The lowest BCUT2D eigenvalue weighted by atomic mass is 10.3. The highest BCUT2D eigenvalue weighted by atomic mass is 15.1.